The molecule has 0 aromatic rings. The van der Waals surface area contributed by atoms with Gasteiger partial charge in [0.05, 0.1) is 0 Å². The van der Waals surface area contributed by atoms with Gasteiger partial charge in [0.25, 0.3) is 0 Å². The molecule has 0 atom stereocenters. The van der Waals surface area contributed by atoms with Gasteiger partial charge in [-0.2, -0.15) is 0 Å². The van der Waals surface area contributed by atoms with Gasteiger partial charge >= 0.3 is 59.1 Å². The summed E-state index contributed by atoms with van der Waals surface area (Å²) < 4.78 is 0. The van der Waals surface area contributed by atoms with Crippen molar-refractivity contribution in [2.24, 2.45) is 5.73 Å². The first kappa shape index (κ1) is 28.0. The first-order chi connectivity index (χ1) is 9.77. The summed E-state index contributed by atoms with van der Waals surface area (Å²) in [4.78, 5) is 10.5. The van der Waals surface area contributed by atoms with Gasteiger partial charge < -0.3 is 5.73 Å². The molecule has 0 heterocycles. The summed E-state index contributed by atoms with van der Waals surface area (Å²) in [5.74, 6) is -0.164. The normalized spacial score (nSPS) is 10.2. The Bertz CT molecular complexity index is 245. The summed E-state index contributed by atoms with van der Waals surface area (Å²) in [6.45, 7) is 2.26. The molecule has 0 saturated heterocycles. The number of carbonyl (C=O) groups excluding carboxylic acids is 1. The summed E-state index contributed by atoms with van der Waals surface area (Å²) in [6.07, 6.45) is 21.9. The maximum absolute atomic E-state index is 10.5. The molecule has 2 N–H and O–H groups in total. The average Bonchev–Trinajstić information content (AvgIpc) is 2.43. The van der Waals surface area contributed by atoms with Gasteiger partial charge in [0.15, 0.2) is 0 Å². The maximum atomic E-state index is 10.5. The standard InChI is InChI=1S/C18H35NO.2Na.2H/c1-2-3-4-5-6-7-8-9-10-11-12-13-14-15-16-17-18(19)20;;;;/h9-10H,2-8,11-17H2,1H3,(H2,19,20);;;;/b10-9-;;;;. The van der Waals surface area contributed by atoms with E-state index in [0.29, 0.717) is 6.42 Å². The molecule has 0 aromatic heterocycles. The number of rotatable bonds is 15. The molecule has 22 heavy (non-hydrogen) atoms. The molecule has 0 aliphatic heterocycles. The molecule has 0 aliphatic carbocycles. The van der Waals surface area contributed by atoms with E-state index in [4.69, 9.17) is 5.73 Å². The molecule has 0 rings (SSSR count). The Morgan fingerprint density at radius 1 is 0.727 bits per heavy atom. The quantitative estimate of drug-likeness (QED) is 0.273. The van der Waals surface area contributed by atoms with Crippen molar-refractivity contribution in [2.75, 3.05) is 0 Å². The fraction of sp³-hybridized carbons (Fsp3) is 0.833. The molecule has 2 nitrogen and oxygen atoms in total. The van der Waals surface area contributed by atoms with Crippen molar-refractivity contribution in [3.8, 4) is 0 Å². The van der Waals surface area contributed by atoms with Gasteiger partial charge in [0.2, 0.25) is 5.91 Å². The number of allylic oxidation sites excluding steroid dienone is 2. The minimum atomic E-state index is -0.164. The van der Waals surface area contributed by atoms with E-state index in [-0.39, 0.29) is 65.0 Å². The van der Waals surface area contributed by atoms with Gasteiger partial charge in [-0.25, -0.2) is 0 Å². The summed E-state index contributed by atoms with van der Waals surface area (Å²) in [5, 5.41) is 0. The van der Waals surface area contributed by atoms with Gasteiger partial charge in [0.1, 0.15) is 0 Å². The van der Waals surface area contributed by atoms with Crippen molar-refractivity contribution in [1.82, 2.24) is 0 Å². The van der Waals surface area contributed by atoms with Crippen LogP contribution in [-0.4, -0.2) is 65.0 Å². The van der Waals surface area contributed by atoms with Gasteiger partial charge in [-0.15, -0.1) is 0 Å². The van der Waals surface area contributed by atoms with Crippen LogP contribution in [0.2, 0.25) is 0 Å². The Hall–Kier alpha value is 1.21. The van der Waals surface area contributed by atoms with Crippen molar-refractivity contribution in [3.05, 3.63) is 12.2 Å². The molecule has 0 unspecified atom stereocenters. The first-order valence-corrected chi connectivity index (χ1v) is 8.70. The van der Waals surface area contributed by atoms with Crippen LogP contribution in [0.1, 0.15) is 96.8 Å². The molecule has 0 bridgehead atoms. The topological polar surface area (TPSA) is 43.1 Å². The Morgan fingerprint density at radius 2 is 1.14 bits per heavy atom. The number of carbonyl (C=O) groups is 1. The van der Waals surface area contributed by atoms with Crippen molar-refractivity contribution < 1.29 is 4.79 Å². The fourth-order valence-electron chi connectivity index (χ4n) is 2.37. The van der Waals surface area contributed by atoms with Crippen LogP contribution < -0.4 is 5.73 Å². The summed E-state index contributed by atoms with van der Waals surface area (Å²) in [7, 11) is 0. The number of unbranched alkanes of at least 4 members (excludes halogenated alkanes) is 11. The van der Waals surface area contributed by atoms with Crippen LogP contribution in [0.5, 0.6) is 0 Å². The zero-order chi connectivity index (χ0) is 14.9. The Labute approximate surface area is 183 Å². The molecule has 122 valence electrons. The van der Waals surface area contributed by atoms with Gasteiger partial charge in [-0.05, 0) is 32.1 Å². The molecule has 0 saturated carbocycles. The van der Waals surface area contributed by atoms with E-state index in [0.717, 1.165) is 12.8 Å². The molecule has 0 radical (unpaired) electrons. The van der Waals surface area contributed by atoms with Gasteiger partial charge in [-0.1, -0.05) is 70.4 Å². The van der Waals surface area contributed by atoms with Crippen molar-refractivity contribution in [1.29, 1.82) is 0 Å². The summed E-state index contributed by atoms with van der Waals surface area (Å²) >= 11 is 0. The van der Waals surface area contributed by atoms with Crippen molar-refractivity contribution >= 4 is 65.0 Å². The van der Waals surface area contributed by atoms with Gasteiger partial charge in [0, 0.05) is 6.42 Å². The third-order valence-electron chi connectivity index (χ3n) is 3.68. The third-order valence-corrected chi connectivity index (χ3v) is 3.68. The van der Waals surface area contributed by atoms with Crippen LogP contribution in [0, 0.1) is 0 Å². The average molecular weight is 329 g/mol. The first-order valence-electron chi connectivity index (χ1n) is 8.70. The number of hydrogen-bond donors (Lipinski definition) is 1. The van der Waals surface area contributed by atoms with Crippen LogP contribution >= 0.6 is 0 Å². The van der Waals surface area contributed by atoms with E-state index >= 15 is 0 Å². The van der Waals surface area contributed by atoms with E-state index in [1.54, 1.807) is 0 Å². The Kier molecular flexibility index (Phi) is 31.2. The zero-order valence-electron chi connectivity index (χ0n) is 13.5. The van der Waals surface area contributed by atoms with Gasteiger partial charge in [-0.3, -0.25) is 4.79 Å². The SMILES string of the molecule is CCCCCCCC/C=C\CCCCCCCC(N)=O.[NaH].[NaH]. The summed E-state index contributed by atoms with van der Waals surface area (Å²) in [6, 6.07) is 0. The molecule has 1 amide bonds. The van der Waals surface area contributed by atoms with Crippen LogP contribution in [0.15, 0.2) is 12.2 Å². The van der Waals surface area contributed by atoms with E-state index in [1.807, 2.05) is 0 Å². The van der Waals surface area contributed by atoms with Crippen LogP contribution in [0.3, 0.4) is 0 Å². The van der Waals surface area contributed by atoms with Crippen molar-refractivity contribution in [3.63, 3.8) is 0 Å². The second kappa shape index (κ2) is 24.5. The van der Waals surface area contributed by atoms with Crippen molar-refractivity contribution in [2.45, 2.75) is 96.8 Å². The predicted molar refractivity (Wildman–Crippen MR) is 103 cm³/mol. The fourth-order valence-corrected chi connectivity index (χ4v) is 2.37. The van der Waals surface area contributed by atoms with Crippen LogP contribution in [0.4, 0.5) is 0 Å². The minimum absolute atomic E-state index is 0. The second-order valence-electron chi connectivity index (χ2n) is 5.80. The Balaban J connectivity index is -0.00000180. The molecule has 0 aliphatic rings. The third kappa shape index (κ3) is 26.1. The van der Waals surface area contributed by atoms with Crippen LogP contribution in [0.25, 0.3) is 0 Å². The van der Waals surface area contributed by atoms with E-state index in [1.165, 1.54) is 70.6 Å². The predicted octanol–water partition coefficient (Wildman–Crippen LogP) is 4.21. The molecule has 0 fully saturated rings. The second-order valence-corrected chi connectivity index (χ2v) is 5.80. The van der Waals surface area contributed by atoms with E-state index in [9.17, 15) is 4.79 Å². The Morgan fingerprint density at radius 3 is 1.59 bits per heavy atom. The molecule has 0 spiro atoms. The zero-order valence-corrected chi connectivity index (χ0v) is 13.5. The molecule has 4 heteroatoms. The summed E-state index contributed by atoms with van der Waals surface area (Å²) in [5.41, 5.74) is 5.10. The molecular weight excluding hydrogens is 292 g/mol. The van der Waals surface area contributed by atoms with E-state index < -0.39 is 0 Å². The van der Waals surface area contributed by atoms with Crippen LogP contribution in [-0.2, 0) is 4.79 Å². The molecule has 0 aromatic carbocycles. The van der Waals surface area contributed by atoms with E-state index in [2.05, 4.69) is 19.1 Å². The monoisotopic (exact) mass is 329 g/mol. The number of amides is 1. The number of primary amides is 1. The molecular formula is C18H37NNa2O. The number of nitrogens with two attached hydrogens (primary N) is 1. The number of hydrogen-bond acceptors (Lipinski definition) is 1.